The third kappa shape index (κ3) is 3.58. The Labute approximate surface area is 158 Å². The molecular formula is C17H22BNO7S. The first kappa shape index (κ1) is 18.7. The quantitative estimate of drug-likeness (QED) is 0.674. The molecule has 1 aliphatic carbocycles. The number of ether oxygens (including phenoxy) is 1. The fraction of sp³-hybridized carbons (Fsp3) is 0.588. The lowest BCUT2D eigenvalue weighted by Crippen LogP contribution is -2.37. The van der Waals surface area contributed by atoms with Crippen molar-refractivity contribution in [1.82, 2.24) is 4.90 Å². The molecule has 0 amide bonds. The lowest BCUT2D eigenvalue weighted by molar-refractivity contribution is 0.0381. The molecule has 2 unspecified atom stereocenters. The first-order chi connectivity index (χ1) is 12.9. The Bertz CT molecular complexity index is 853. The minimum absolute atomic E-state index is 0.00278. The molecule has 0 aromatic heterocycles. The summed E-state index contributed by atoms with van der Waals surface area (Å²) in [6.45, 7) is 3.45. The number of hydrogen-bond acceptors (Lipinski definition) is 7. The zero-order chi connectivity index (χ0) is 19.2. The summed E-state index contributed by atoms with van der Waals surface area (Å²) in [4.78, 5) is 13.7. The normalized spacial score (nSPS) is 24.7. The van der Waals surface area contributed by atoms with Crippen LogP contribution in [0.4, 0.5) is 0 Å². The number of morpholine rings is 1. The molecule has 146 valence electrons. The molecule has 2 fully saturated rings. The second-order valence-corrected chi connectivity index (χ2v) is 9.38. The Hall–Kier alpha value is -1.62. The first-order valence-electron chi connectivity index (χ1n) is 9.16. The summed E-state index contributed by atoms with van der Waals surface area (Å²) in [5.74, 6) is -1.49. The summed E-state index contributed by atoms with van der Waals surface area (Å²) in [6.07, 6.45) is 1.13. The molecule has 2 aliphatic heterocycles. The van der Waals surface area contributed by atoms with Gasteiger partial charge in [0, 0.05) is 18.9 Å². The van der Waals surface area contributed by atoms with Crippen LogP contribution in [-0.4, -0.2) is 75.1 Å². The minimum atomic E-state index is -3.79. The number of hydrogen-bond donors (Lipinski definition) is 2. The molecule has 0 spiro atoms. The van der Waals surface area contributed by atoms with Gasteiger partial charge in [-0.1, -0.05) is 6.07 Å². The second-order valence-electron chi connectivity index (χ2n) is 7.30. The maximum atomic E-state index is 12.8. The third-order valence-corrected chi connectivity index (χ3v) is 7.37. The molecule has 27 heavy (non-hydrogen) atoms. The lowest BCUT2D eigenvalue weighted by Gasteiger charge is -2.26. The maximum Gasteiger partial charge on any atom is 0.526 e. The summed E-state index contributed by atoms with van der Waals surface area (Å²) in [5.41, 5.74) is 0.318. The van der Waals surface area contributed by atoms with E-state index in [0.29, 0.717) is 31.7 Å². The zero-order valence-corrected chi connectivity index (χ0v) is 15.7. The second kappa shape index (κ2) is 7.08. The molecule has 2 atom stereocenters. The van der Waals surface area contributed by atoms with Crippen molar-refractivity contribution in [3.63, 3.8) is 0 Å². The predicted octanol–water partition coefficient (Wildman–Crippen LogP) is 0.611. The number of carboxylic acid groups (broad SMARTS) is 1. The predicted molar refractivity (Wildman–Crippen MR) is 97.0 cm³/mol. The number of rotatable bonds is 6. The Morgan fingerprint density at radius 2 is 2.04 bits per heavy atom. The maximum absolute atomic E-state index is 12.8. The van der Waals surface area contributed by atoms with Crippen molar-refractivity contribution >= 4 is 22.9 Å². The summed E-state index contributed by atoms with van der Waals surface area (Å²) in [5, 5.41) is 19.6. The molecule has 0 bridgehead atoms. The van der Waals surface area contributed by atoms with Gasteiger partial charge < -0.3 is 19.5 Å². The summed E-state index contributed by atoms with van der Waals surface area (Å²) < 4.78 is 36.3. The van der Waals surface area contributed by atoms with E-state index in [1.165, 1.54) is 6.07 Å². The van der Waals surface area contributed by atoms with Crippen LogP contribution in [0.5, 0.6) is 5.75 Å². The highest BCUT2D eigenvalue weighted by Gasteiger charge is 2.54. The van der Waals surface area contributed by atoms with E-state index in [1.807, 2.05) is 0 Å². The van der Waals surface area contributed by atoms with Crippen molar-refractivity contribution < 1.29 is 32.7 Å². The van der Waals surface area contributed by atoms with E-state index in [9.17, 15) is 23.3 Å². The van der Waals surface area contributed by atoms with Gasteiger partial charge in [0.25, 0.3) is 0 Å². The smallest absolute Gasteiger partial charge is 0.526 e. The van der Waals surface area contributed by atoms with Gasteiger partial charge in [-0.05, 0) is 36.9 Å². The molecule has 2 N–H and O–H groups in total. The SMILES string of the molecule is O=C(O)c1c(S(=O)(=O)CCCN2CCOCC2)ccc2c1OB(O)C1CC21. The zero-order valence-electron chi connectivity index (χ0n) is 14.8. The summed E-state index contributed by atoms with van der Waals surface area (Å²) in [7, 11) is -4.88. The molecule has 2 heterocycles. The van der Waals surface area contributed by atoms with Crippen LogP contribution >= 0.6 is 0 Å². The minimum Gasteiger partial charge on any atom is -0.535 e. The molecule has 8 nitrogen and oxygen atoms in total. The first-order valence-corrected chi connectivity index (χ1v) is 10.8. The molecule has 4 rings (SSSR count). The Balaban J connectivity index is 1.56. The van der Waals surface area contributed by atoms with E-state index in [4.69, 9.17) is 9.39 Å². The molecule has 1 aromatic carbocycles. The van der Waals surface area contributed by atoms with Crippen molar-refractivity contribution in [2.75, 3.05) is 38.6 Å². The highest BCUT2D eigenvalue weighted by Crippen LogP contribution is 2.60. The van der Waals surface area contributed by atoms with E-state index < -0.39 is 22.9 Å². The fourth-order valence-electron chi connectivity index (χ4n) is 3.97. The van der Waals surface area contributed by atoms with Crippen molar-refractivity contribution in [2.45, 2.75) is 29.5 Å². The highest BCUT2D eigenvalue weighted by molar-refractivity contribution is 7.91. The topological polar surface area (TPSA) is 113 Å². The molecule has 0 radical (unpaired) electrons. The standard InChI is InChI=1S/C17H22BNO7S/c20-17(21)15-14(3-2-11-12-10-13(12)18(22)26-16(11)15)27(23,24)9-1-4-19-5-7-25-8-6-19/h2-3,12-13,22H,1,4-10H2,(H,20,21). The Kier molecular flexibility index (Phi) is 4.92. The van der Waals surface area contributed by atoms with Crippen LogP contribution in [0.2, 0.25) is 5.82 Å². The molecule has 1 saturated carbocycles. The van der Waals surface area contributed by atoms with Crippen LogP contribution in [0.15, 0.2) is 17.0 Å². The van der Waals surface area contributed by atoms with Gasteiger partial charge in [0.05, 0.1) is 23.9 Å². The average Bonchev–Trinajstić information content (AvgIpc) is 3.43. The van der Waals surface area contributed by atoms with Crippen molar-refractivity contribution in [3.05, 3.63) is 23.3 Å². The van der Waals surface area contributed by atoms with Crippen LogP contribution in [0.25, 0.3) is 0 Å². The summed E-state index contributed by atoms with van der Waals surface area (Å²) in [6, 6.07) is 3.01. The number of carbonyl (C=O) groups is 1. The van der Waals surface area contributed by atoms with Gasteiger partial charge in [-0.25, -0.2) is 13.2 Å². The Morgan fingerprint density at radius 1 is 1.30 bits per heavy atom. The number of aromatic carboxylic acids is 1. The van der Waals surface area contributed by atoms with Gasteiger partial charge in [0.1, 0.15) is 11.3 Å². The molecule has 10 heteroatoms. The number of nitrogens with zero attached hydrogens (tertiary/aromatic N) is 1. The monoisotopic (exact) mass is 395 g/mol. The number of fused-ring (bicyclic) bond motifs is 3. The molecule has 3 aliphatic rings. The van der Waals surface area contributed by atoms with Crippen LogP contribution < -0.4 is 4.65 Å². The van der Waals surface area contributed by atoms with Gasteiger partial charge in [0.15, 0.2) is 9.84 Å². The largest absolute Gasteiger partial charge is 0.535 e. The van der Waals surface area contributed by atoms with Gasteiger partial charge in [-0.15, -0.1) is 0 Å². The Morgan fingerprint density at radius 3 is 2.74 bits per heavy atom. The fourth-order valence-corrected chi connectivity index (χ4v) is 5.47. The van der Waals surface area contributed by atoms with E-state index in [-0.39, 0.29) is 33.7 Å². The number of benzene rings is 1. The van der Waals surface area contributed by atoms with Crippen LogP contribution in [0.3, 0.4) is 0 Å². The van der Waals surface area contributed by atoms with Gasteiger partial charge in [0.2, 0.25) is 0 Å². The van der Waals surface area contributed by atoms with E-state index in [1.54, 1.807) is 6.07 Å². The number of carboxylic acids is 1. The van der Waals surface area contributed by atoms with Crippen LogP contribution in [0, 0.1) is 0 Å². The van der Waals surface area contributed by atoms with Crippen molar-refractivity contribution in [1.29, 1.82) is 0 Å². The highest BCUT2D eigenvalue weighted by atomic mass is 32.2. The number of sulfone groups is 1. The van der Waals surface area contributed by atoms with E-state index >= 15 is 0 Å². The molecule has 1 aromatic rings. The van der Waals surface area contributed by atoms with Crippen molar-refractivity contribution in [2.24, 2.45) is 0 Å². The van der Waals surface area contributed by atoms with Crippen molar-refractivity contribution in [3.8, 4) is 5.75 Å². The van der Waals surface area contributed by atoms with Gasteiger partial charge in [-0.2, -0.15) is 0 Å². The van der Waals surface area contributed by atoms with E-state index in [0.717, 1.165) is 19.5 Å². The van der Waals surface area contributed by atoms with Gasteiger partial charge >= 0.3 is 13.1 Å². The van der Waals surface area contributed by atoms with Gasteiger partial charge in [-0.3, -0.25) is 4.90 Å². The lowest BCUT2D eigenvalue weighted by atomic mass is 9.77. The van der Waals surface area contributed by atoms with Crippen LogP contribution in [0.1, 0.15) is 34.7 Å². The summed E-state index contributed by atoms with van der Waals surface area (Å²) >= 11 is 0. The third-order valence-electron chi connectivity index (χ3n) is 5.53. The molecule has 1 saturated heterocycles. The molecular weight excluding hydrogens is 373 g/mol. The van der Waals surface area contributed by atoms with Crippen LogP contribution in [-0.2, 0) is 14.6 Å². The van der Waals surface area contributed by atoms with E-state index in [2.05, 4.69) is 4.90 Å². The average molecular weight is 395 g/mol.